The molecule has 18 nitrogen and oxygen atoms in total. The van der Waals surface area contributed by atoms with Gasteiger partial charge in [-0.1, -0.05) is 12.1 Å². The van der Waals surface area contributed by atoms with Crippen LogP contribution in [0.15, 0.2) is 73.1 Å². The number of aromatic nitrogens is 10. The molecule has 0 N–H and O–H groups in total. The van der Waals surface area contributed by atoms with E-state index >= 15 is 0 Å². The van der Waals surface area contributed by atoms with E-state index in [4.69, 9.17) is 30.6 Å². The molecule has 6 aromatic heterocycles. The van der Waals surface area contributed by atoms with Gasteiger partial charge in [-0.2, -0.15) is 20.4 Å². The topological polar surface area (TPSA) is 229 Å². The third-order valence-electron chi connectivity index (χ3n) is 7.01. The first kappa shape index (κ1) is 41.2. The van der Waals surface area contributed by atoms with Crippen LogP contribution in [0.2, 0.25) is 0 Å². The molecule has 0 unspecified atom stereocenters. The summed E-state index contributed by atoms with van der Waals surface area (Å²) >= 11 is 0. The van der Waals surface area contributed by atoms with Crippen LogP contribution in [0.1, 0.15) is 69.3 Å². The fourth-order valence-electron chi connectivity index (χ4n) is 5.34. The smallest absolute Gasteiger partial charge is 0.356 e. The van der Waals surface area contributed by atoms with Gasteiger partial charge in [-0.15, -0.1) is 0 Å². The third kappa shape index (κ3) is 11.6. The molecule has 6 rings (SSSR count). The molecule has 0 spiro atoms. The van der Waals surface area contributed by atoms with Crippen molar-refractivity contribution in [3.8, 4) is 0 Å². The number of aryl methyl sites for hydroxylation is 8. The first-order valence-corrected chi connectivity index (χ1v) is 15.1. The van der Waals surface area contributed by atoms with Crippen molar-refractivity contribution in [2.45, 2.75) is 67.7 Å². The van der Waals surface area contributed by atoms with Gasteiger partial charge < -0.3 is 30.6 Å². The van der Waals surface area contributed by atoms with Gasteiger partial charge in [-0.25, -0.2) is 18.7 Å². The second-order valence-corrected chi connectivity index (χ2v) is 11.2. The predicted molar refractivity (Wildman–Crippen MR) is 183 cm³/mol. The van der Waals surface area contributed by atoms with Crippen LogP contribution in [0.3, 0.4) is 0 Å². The van der Waals surface area contributed by atoms with Crippen molar-refractivity contribution < 1.29 is 27.0 Å². The van der Waals surface area contributed by atoms with Gasteiger partial charge in [-0.05, 0) is 104 Å². The molecular weight excluding hydrogens is 707 g/mol. The number of rotatable bonds is 6. The van der Waals surface area contributed by atoms with E-state index in [9.17, 15) is 0 Å². The monoisotopic (exact) mass is 745 g/mol. The van der Waals surface area contributed by atoms with Crippen LogP contribution in [-0.2, 0) is 16.8 Å². The predicted octanol–water partition coefficient (Wildman–Crippen LogP) is 5.13. The van der Waals surface area contributed by atoms with Gasteiger partial charge in [0.2, 0.25) is 0 Å². The molecule has 0 saturated heterocycles. The molecule has 0 aromatic carbocycles. The van der Waals surface area contributed by atoms with Crippen molar-refractivity contribution in [1.82, 2.24) is 49.1 Å². The normalized spacial score (nSPS) is 10.2. The molecule has 19 heteroatoms. The van der Waals surface area contributed by atoms with Gasteiger partial charge in [0.05, 0.1) is 44.3 Å². The van der Waals surface area contributed by atoms with E-state index in [0.717, 1.165) is 56.9 Å². The van der Waals surface area contributed by atoms with E-state index in [1.165, 1.54) is 0 Å². The zero-order chi connectivity index (χ0) is 37.1. The zero-order valence-electron chi connectivity index (χ0n) is 29.2. The van der Waals surface area contributed by atoms with Crippen molar-refractivity contribution in [1.29, 1.82) is 0 Å². The van der Waals surface area contributed by atoms with Gasteiger partial charge in [0.1, 0.15) is 0 Å². The average Bonchev–Trinajstić information content (AvgIpc) is 3.75. The Balaban J connectivity index is 0.000000288. The largest absolute Gasteiger partial charge is 2.00 e. The molecule has 0 aliphatic heterocycles. The summed E-state index contributed by atoms with van der Waals surface area (Å²) in [6.45, 7) is 16.2. The zero-order valence-corrected chi connectivity index (χ0v) is 30.3. The first-order valence-electron chi connectivity index (χ1n) is 15.1. The molecule has 6 aromatic rings. The molecule has 0 fully saturated rings. The maximum Gasteiger partial charge on any atom is 2.00 e. The van der Waals surface area contributed by atoms with Crippen LogP contribution in [0.25, 0.3) is 0 Å². The van der Waals surface area contributed by atoms with E-state index < -0.39 is 10.2 Å². The minimum atomic E-state index is -1.75. The quantitative estimate of drug-likeness (QED) is 0.160. The van der Waals surface area contributed by atoms with E-state index in [-0.39, 0.29) is 29.1 Å². The summed E-state index contributed by atoms with van der Waals surface area (Å²) in [5, 5.41) is 48.0. The summed E-state index contributed by atoms with van der Waals surface area (Å²) in [7, 11) is 0. The van der Waals surface area contributed by atoms with Crippen LogP contribution in [0.5, 0.6) is 0 Å². The number of hydrogen-bond donors (Lipinski definition) is 0. The fourth-order valence-corrected chi connectivity index (χ4v) is 5.34. The Morgan fingerprint density at radius 2 is 0.725 bits per heavy atom. The van der Waals surface area contributed by atoms with Crippen molar-refractivity contribution in [3.05, 3.63) is 161 Å². The summed E-state index contributed by atoms with van der Waals surface area (Å²) in [5.41, 5.74) is 10.2. The van der Waals surface area contributed by atoms with E-state index in [1.807, 2.05) is 82.8 Å². The second-order valence-electron chi connectivity index (χ2n) is 11.2. The summed E-state index contributed by atoms with van der Waals surface area (Å²) in [5.74, 6) is 0. The minimum Gasteiger partial charge on any atom is -0.356 e. The molecule has 271 valence electrons. The van der Waals surface area contributed by atoms with E-state index in [2.05, 4.69) is 82.3 Å². The van der Waals surface area contributed by atoms with Gasteiger partial charge in [0.15, 0.2) is 12.3 Å². The number of nitrogens with zero attached hydrogens (tertiary/aromatic N) is 12. The third-order valence-corrected chi connectivity index (χ3v) is 7.01. The maximum absolute atomic E-state index is 8.25. The minimum absolute atomic E-state index is 0. The Bertz CT molecular complexity index is 1760. The van der Waals surface area contributed by atoms with Gasteiger partial charge in [-0.3, -0.25) is 9.97 Å². The van der Waals surface area contributed by atoms with Crippen LogP contribution >= 0.6 is 0 Å². The molecule has 1 radical (unpaired) electrons. The van der Waals surface area contributed by atoms with Gasteiger partial charge in [0.25, 0.3) is 0 Å². The van der Waals surface area contributed by atoms with Crippen molar-refractivity contribution >= 4 is 0 Å². The fraction of sp³-hybridized carbons (Fsp3) is 0.312. The first-order chi connectivity index (χ1) is 23.6. The molecule has 6 heterocycles. The Morgan fingerprint density at radius 1 is 0.490 bits per heavy atom. The molecule has 0 amide bonds. The summed E-state index contributed by atoms with van der Waals surface area (Å²) in [4.78, 5) is 25.5. The van der Waals surface area contributed by atoms with Gasteiger partial charge in [0, 0.05) is 35.2 Å². The average molecular weight is 746 g/mol. The molecule has 0 aliphatic rings. The molecule has 0 saturated carbocycles. The molecular formula is C32H38CoN12O6. The Morgan fingerprint density at radius 3 is 0.882 bits per heavy atom. The van der Waals surface area contributed by atoms with Crippen molar-refractivity contribution in [2.75, 3.05) is 0 Å². The van der Waals surface area contributed by atoms with Crippen LogP contribution in [0.4, 0.5) is 0 Å². The maximum atomic E-state index is 8.25. The second kappa shape index (κ2) is 18.7. The number of hydrogen-bond acceptors (Lipinski definition) is 12. The van der Waals surface area contributed by atoms with Crippen LogP contribution in [-0.4, -0.2) is 59.3 Å². The standard InChI is InChI=1S/2C16H19N5.Co.2NO3/c2*1-11-9-13(3)20(18-11)16(15-7-5-6-8-17-15)21-14(4)10-12(2)19-21;;2*2-1(3)4/h2*5-10,16H,1-4H3;;;/q;;+2;2*-1. The van der Waals surface area contributed by atoms with Crippen LogP contribution < -0.4 is 0 Å². The summed E-state index contributed by atoms with van der Waals surface area (Å²) in [6.07, 6.45) is 3.29. The Kier molecular flexibility index (Phi) is 15.1. The molecule has 0 bridgehead atoms. The molecule has 0 atom stereocenters. The van der Waals surface area contributed by atoms with E-state index in [0.29, 0.717) is 0 Å². The van der Waals surface area contributed by atoms with E-state index in [1.54, 1.807) is 12.4 Å². The molecule has 0 aliphatic carbocycles. The Hall–Kier alpha value is -5.95. The molecule has 51 heavy (non-hydrogen) atoms. The van der Waals surface area contributed by atoms with Crippen molar-refractivity contribution in [2.24, 2.45) is 0 Å². The van der Waals surface area contributed by atoms with Crippen molar-refractivity contribution in [3.63, 3.8) is 0 Å². The van der Waals surface area contributed by atoms with Crippen LogP contribution in [0, 0.1) is 86.0 Å². The summed E-state index contributed by atoms with van der Waals surface area (Å²) in [6, 6.07) is 20.1. The summed E-state index contributed by atoms with van der Waals surface area (Å²) < 4.78 is 7.93. The Labute approximate surface area is 303 Å². The van der Waals surface area contributed by atoms with Gasteiger partial charge >= 0.3 is 16.8 Å². The number of pyridine rings is 2. The SMILES string of the molecule is Cc1cc(C)n(C(c2ccccn2)n2nc(C)cc2C)n1.Cc1cc(C)n(C(c2ccccn2)n2nc(C)cc2C)n1.O=[N+]([O-])[O-].O=[N+]([O-])[O-].[Co+2].